The van der Waals surface area contributed by atoms with Gasteiger partial charge in [-0.05, 0) is 44.2 Å². The van der Waals surface area contributed by atoms with Gasteiger partial charge in [0.2, 0.25) is 0 Å². The molecule has 188 valence electrons. The van der Waals surface area contributed by atoms with Crippen LogP contribution in [-0.2, 0) is 16.1 Å². The predicted octanol–water partition coefficient (Wildman–Crippen LogP) is 5.25. The number of pyridine rings is 1. The van der Waals surface area contributed by atoms with Gasteiger partial charge in [-0.3, -0.25) is 9.78 Å². The number of ether oxygens (including phenoxy) is 1. The van der Waals surface area contributed by atoms with Gasteiger partial charge in [-0.2, -0.15) is 13.2 Å². The maximum atomic E-state index is 13.2. The molecule has 0 bridgehead atoms. The topological polar surface area (TPSA) is 100 Å². The number of carbonyl (C=O) groups is 3. The number of nitrogens with zero attached hydrogens (tertiary/aromatic N) is 3. The van der Waals surface area contributed by atoms with Crippen LogP contribution in [-0.4, -0.2) is 44.6 Å². The summed E-state index contributed by atoms with van der Waals surface area (Å²) < 4.78 is 37.8. The van der Waals surface area contributed by atoms with E-state index in [9.17, 15) is 22.8 Å². The number of imide groups is 1. The molecule has 0 aliphatic carbocycles. The van der Waals surface area contributed by atoms with Crippen molar-refractivity contribution in [2.24, 2.45) is 0 Å². The number of amides is 3. The van der Waals surface area contributed by atoms with Crippen molar-refractivity contribution in [3.05, 3.63) is 84.7 Å². The Bertz CT molecular complexity index is 1230. The normalized spacial score (nSPS) is 14.8. The highest BCUT2D eigenvalue weighted by Gasteiger charge is 2.52. The summed E-state index contributed by atoms with van der Waals surface area (Å²) in [6, 6.07) is 20.0. The van der Waals surface area contributed by atoms with Gasteiger partial charge in [0.15, 0.2) is 0 Å². The highest BCUT2D eigenvalue weighted by atomic mass is 19.4. The van der Waals surface area contributed by atoms with Crippen LogP contribution in [0.4, 0.5) is 23.7 Å². The number of hydrogen-bond donors (Lipinski definition) is 1. The summed E-state index contributed by atoms with van der Waals surface area (Å²) in [7, 11) is 0. The second kappa shape index (κ2) is 10.5. The second-order valence-corrected chi connectivity index (χ2v) is 8.11. The lowest BCUT2D eigenvalue weighted by Crippen LogP contribution is -2.43. The Morgan fingerprint density at radius 3 is 2.19 bits per heavy atom. The molecule has 0 saturated carbocycles. The van der Waals surface area contributed by atoms with E-state index in [4.69, 9.17) is 14.6 Å². The van der Waals surface area contributed by atoms with Crippen molar-refractivity contribution >= 4 is 23.6 Å². The smallest absolute Gasteiger partial charge is 0.475 e. The fraction of sp³-hybridized carbons (Fsp3) is 0.200. The summed E-state index contributed by atoms with van der Waals surface area (Å²) in [5.74, 6) is -1.68. The van der Waals surface area contributed by atoms with E-state index in [1.807, 2.05) is 54.6 Å². The highest BCUT2D eigenvalue weighted by Crippen LogP contribution is 2.35. The van der Waals surface area contributed by atoms with E-state index in [1.54, 1.807) is 37.1 Å². The van der Waals surface area contributed by atoms with Crippen LogP contribution in [0.3, 0.4) is 0 Å². The number of benzene rings is 2. The van der Waals surface area contributed by atoms with Crippen LogP contribution in [0, 0.1) is 0 Å². The molecule has 3 amide bonds. The number of anilines is 1. The Labute approximate surface area is 204 Å². The van der Waals surface area contributed by atoms with Gasteiger partial charge in [-0.1, -0.05) is 36.4 Å². The predicted molar refractivity (Wildman–Crippen MR) is 123 cm³/mol. The first kappa shape index (κ1) is 26.2. The fourth-order valence-corrected chi connectivity index (χ4v) is 3.33. The summed E-state index contributed by atoms with van der Waals surface area (Å²) in [5, 5.41) is 7.12. The Morgan fingerprint density at radius 1 is 1.00 bits per heavy atom. The van der Waals surface area contributed by atoms with Gasteiger partial charge >= 0.3 is 18.2 Å². The van der Waals surface area contributed by atoms with Crippen LogP contribution in [0.1, 0.15) is 19.4 Å². The molecule has 36 heavy (non-hydrogen) atoms. The molecule has 3 aromatic rings. The first-order chi connectivity index (χ1) is 16.9. The van der Waals surface area contributed by atoms with Gasteiger partial charge in [0, 0.05) is 11.8 Å². The van der Waals surface area contributed by atoms with E-state index in [0.717, 1.165) is 5.56 Å². The zero-order chi connectivity index (χ0) is 26.5. The standard InChI is InChI=1S/C23H21N3O3.C2HF3O2/c1-23(2)21(27)26(18-10-8-14-24-15-18)22(28)25(23)16-17-9-6-7-13-20(17)29-19-11-4-3-5-12-19;3-2(4,5)1(6)7/h3-15H,16H2,1-2H3;(H,6,7). The lowest BCUT2D eigenvalue weighted by atomic mass is 10.0. The monoisotopic (exact) mass is 501 g/mol. The molecular formula is C25H22F3N3O5. The SMILES string of the molecule is CC1(C)C(=O)N(c2cccnc2)C(=O)N1Cc1ccccc1Oc1ccccc1.O=C(O)C(F)(F)F. The van der Waals surface area contributed by atoms with Gasteiger partial charge in [0.05, 0.1) is 18.4 Å². The van der Waals surface area contributed by atoms with Crippen molar-refractivity contribution in [2.45, 2.75) is 32.1 Å². The number of urea groups is 1. The van der Waals surface area contributed by atoms with Crippen molar-refractivity contribution in [3.63, 3.8) is 0 Å². The minimum Gasteiger partial charge on any atom is -0.475 e. The minimum absolute atomic E-state index is 0.247. The first-order valence-electron chi connectivity index (χ1n) is 10.6. The number of carboxylic acid groups (broad SMARTS) is 1. The minimum atomic E-state index is -5.08. The number of carbonyl (C=O) groups excluding carboxylic acids is 2. The molecule has 0 spiro atoms. The third kappa shape index (κ3) is 5.80. The van der Waals surface area contributed by atoms with Crippen molar-refractivity contribution in [1.82, 2.24) is 9.88 Å². The molecule has 1 saturated heterocycles. The third-order valence-electron chi connectivity index (χ3n) is 5.24. The Morgan fingerprint density at radius 2 is 1.61 bits per heavy atom. The number of halogens is 3. The Kier molecular flexibility index (Phi) is 7.62. The summed E-state index contributed by atoms with van der Waals surface area (Å²) in [6.45, 7) is 3.76. The summed E-state index contributed by atoms with van der Waals surface area (Å²) in [5.41, 5.74) is 0.290. The van der Waals surface area contributed by atoms with Crippen LogP contribution < -0.4 is 9.64 Å². The quantitative estimate of drug-likeness (QED) is 0.479. The van der Waals surface area contributed by atoms with Gasteiger partial charge in [-0.15, -0.1) is 0 Å². The molecule has 1 aliphatic rings. The van der Waals surface area contributed by atoms with Crippen molar-refractivity contribution < 1.29 is 37.4 Å². The number of hydrogen-bond acceptors (Lipinski definition) is 5. The average Bonchev–Trinajstić information content (AvgIpc) is 3.00. The molecule has 2 aromatic carbocycles. The fourth-order valence-electron chi connectivity index (χ4n) is 3.33. The Balaban J connectivity index is 0.000000454. The van der Waals surface area contributed by atoms with Gasteiger partial charge in [0.25, 0.3) is 5.91 Å². The molecule has 0 unspecified atom stereocenters. The van der Waals surface area contributed by atoms with Gasteiger partial charge in [0.1, 0.15) is 17.0 Å². The zero-order valence-electron chi connectivity index (χ0n) is 19.3. The van der Waals surface area contributed by atoms with Gasteiger partial charge < -0.3 is 14.7 Å². The number of para-hydroxylation sites is 2. The first-order valence-corrected chi connectivity index (χ1v) is 10.6. The molecule has 1 aliphatic heterocycles. The maximum Gasteiger partial charge on any atom is 0.490 e. The molecular weight excluding hydrogens is 479 g/mol. The zero-order valence-corrected chi connectivity index (χ0v) is 19.3. The average molecular weight is 501 g/mol. The van der Waals surface area contributed by atoms with Crippen LogP contribution in [0.5, 0.6) is 11.5 Å². The molecule has 4 rings (SSSR count). The van der Waals surface area contributed by atoms with E-state index in [-0.39, 0.29) is 18.5 Å². The highest BCUT2D eigenvalue weighted by molar-refractivity contribution is 6.22. The number of aromatic nitrogens is 1. The summed E-state index contributed by atoms with van der Waals surface area (Å²) >= 11 is 0. The van der Waals surface area contributed by atoms with E-state index < -0.39 is 17.7 Å². The molecule has 8 nitrogen and oxygen atoms in total. The van der Waals surface area contributed by atoms with Crippen LogP contribution in [0.2, 0.25) is 0 Å². The van der Waals surface area contributed by atoms with Crippen LogP contribution in [0.15, 0.2) is 79.1 Å². The van der Waals surface area contributed by atoms with E-state index in [1.165, 1.54) is 11.1 Å². The molecule has 1 aromatic heterocycles. The molecule has 0 radical (unpaired) electrons. The molecule has 1 N–H and O–H groups in total. The van der Waals surface area contributed by atoms with Crippen LogP contribution >= 0.6 is 0 Å². The van der Waals surface area contributed by atoms with E-state index in [2.05, 4.69) is 4.98 Å². The molecule has 2 heterocycles. The number of rotatable bonds is 5. The second-order valence-electron chi connectivity index (χ2n) is 8.11. The lowest BCUT2D eigenvalue weighted by Gasteiger charge is -2.28. The van der Waals surface area contributed by atoms with Crippen LogP contribution in [0.25, 0.3) is 0 Å². The molecule has 11 heteroatoms. The molecule has 0 atom stereocenters. The largest absolute Gasteiger partial charge is 0.490 e. The Hall–Kier alpha value is -4.41. The van der Waals surface area contributed by atoms with Crippen molar-refractivity contribution in [2.75, 3.05) is 4.90 Å². The summed E-state index contributed by atoms with van der Waals surface area (Å²) in [4.78, 5) is 41.9. The molecule has 1 fully saturated rings. The number of carboxylic acids is 1. The third-order valence-corrected chi connectivity index (χ3v) is 5.24. The van der Waals surface area contributed by atoms with Crippen molar-refractivity contribution in [1.29, 1.82) is 0 Å². The number of alkyl halides is 3. The summed E-state index contributed by atoms with van der Waals surface area (Å²) in [6.07, 6.45) is -1.96. The van der Waals surface area contributed by atoms with Crippen molar-refractivity contribution in [3.8, 4) is 11.5 Å². The van der Waals surface area contributed by atoms with E-state index >= 15 is 0 Å². The van der Waals surface area contributed by atoms with Gasteiger partial charge in [-0.25, -0.2) is 14.5 Å². The number of aliphatic carboxylic acids is 1. The lowest BCUT2D eigenvalue weighted by molar-refractivity contribution is -0.192. The van der Waals surface area contributed by atoms with E-state index in [0.29, 0.717) is 17.2 Å². The maximum absolute atomic E-state index is 13.2.